The molecule has 1 aromatic carbocycles. The maximum absolute atomic E-state index is 11.9. The molecule has 0 aliphatic heterocycles. The Balaban J connectivity index is 2.44. The van der Waals surface area contributed by atoms with Crippen LogP contribution >= 0.6 is 11.6 Å². The van der Waals surface area contributed by atoms with Crippen LogP contribution in [0.5, 0.6) is 5.75 Å². The number of halogens is 1. The molecule has 1 aromatic heterocycles. The summed E-state index contributed by atoms with van der Waals surface area (Å²) in [6.07, 6.45) is 0. The second-order valence-electron chi connectivity index (χ2n) is 4.35. The molecule has 0 saturated heterocycles. The van der Waals surface area contributed by atoms with Crippen LogP contribution in [0.15, 0.2) is 18.2 Å². The molecule has 0 radical (unpaired) electrons. The van der Waals surface area contributed by atoms with Crippen LogP contribution in [0.4, 0.5) is 0 Å². The highest BCUT2D eigenvalue weighted by Crippen LogP contribution is 2.32. The molecule has 0 aliphatic rings. The molecule has 4 nitrogen and oxygen atoms in total. The number of ether oxygens (including phenoxy) is 1. The summed E-state index contributed by atoms with van der Waals surface area (Å²) in [5.74, 6) is 0.454. The maximum Gasteiger partial charge on any atom is 0.267 e. The first-order valence-electron chi connectivity index (χ1n) is 5.69. The van der Waals surface area contributed by atoms with E-state index in [1.54, 1.807) is 19.2 Å². The topological polar surface area (TPSA) is 54.1 Å². The van der Waals surface area contributed by atoms with E-state index in [-0.39, 0.29) is 11.9 Å². The Morgan fingerprint density at radius 3 is 2.78 bits per heavy atom. The van der Waals surface area contributed by atoms with E-state index in [2.05, 4.69) is 10.3 Å². The van der Waals surface area contributed by atoms with Gasteiger partial charge in [-0.15, -0.1) is 0 Å². The van der Waals surface area contributed by atoms with Crippen molar-refractivity contribution in [1.29, 1.82) is 0 Å². The van der Waals surface area contributed by atoms with Crippen molar-refractivity contribution in [2.24, 2.45) is 0 Å². The van der Waals surface area contributed by atoms with E-state index in [1.165, 1.54) is 0 Å². The summed E-state index contributed by atoms with van der Waals surface area (Å²) in [5, 5.41) is 4.11. The van der Waals surface area contributed by atoms with Crippen LogP contribution in [-0.4, -0.2) is 24.0 Å². The van der Waals surface area contributed by atoms with Gasteiger partial charge in [-0.25, -0.2) is 0 Å². The van der Waals surface area contributed by atoms with Gasteiger partial charge >= 0.3 is 0 Å². The van der Waals surface area contributed by atoms with Crippen LogP contribution in [0.2, 0.25) is 5.02 Å². The van der Waals surface area contributed by atoms with Gasteiger partial charge in [0, 0.05) is 16.9 Å². The van der Waals surface area contributed by atoms with E-state index in [0.29, 0.717) is 16.5 Å². The first-order valence-corrected chi connectivity index (χ1v) is 6.06. The largest absolute Gasteiger partial charge is 0.495 e. The Morgan fingerprint density at radius 2 is 2.17 bits per heavy atom. The lowest BCUT2D eigenvalue weighted by atomic mass is 10.2. The molecule has 18 heavy (non-hydrogen) atoms. The molecule has 0 fully saturated rings. The van der Waals surface area contributed by atoms with Gasteiger partial charge in [-0.2, -0.15) is 0 Å². The molecule has 0 bridgehead atoms. The number of fused-ring (bicyclic) bond motifs is 1. The van der Waals surface area contributed by atoms with Gasteiger partial charge in [0.15, 0.2) is 0 Å². The van der Waals surface area contributed by atoms with Crippen LogP contribution in [0.3, 0.4) is 0 Å². The minimum absolute atomic E-state index is 0.0916. The van der Waals surface area contributed by atoms with E-state index in [4.69, 9.17) is 16.3 Å². The number of nitrogens with one attached hydrogen (secondary N) is 2. The summed E-state index contributed by atoms with van der Waals surface area (Å²) in [5.41, 5.74) is 1.31. The molecular formula is C13H15ClN2O2. The van der Waals surface area contributed by atoms with Gasteiger partial charge in [-0.3, -0.25) is 4.79 Å². The molecule has 0 aliphatic carbocycles. The number of hydrogen-bond donors (Lipinski definition) is 2. The highest BCUT2D eigenvalue weighted by molar-refractivity contribution is 6.37. The lowest BCUT2D eigenvalue weighted by Crippen LogP contribution is -2.30. The number of hydrogen-bond acceptors (Lipinski definition) is 2. The van der Waals surface area contributed by atoms with Gasteiger partial charge < -0.3 is 15.0 Å². The van der Waals surface area contributed by atoms with Crippen molar-refractivity contribution in [3.8, 4) is 5.75 Å². The monoisotopic (exact) mass is 266 g/mol. The standard InChI is InChI=1S/C13H15ClN2O2/c1-7(2)15-13(17)10-6-8-9(16-10)4-5-11(18-3)12(8)14/h4-7,16H,1-3H3,(H,15,17). The average Bonchev–Trinajstić information content (AvgIpc) is 2.73. The number of aromatic nitrogens is 1. The number of aromatic amines is 1. The molecule has 2 rings (SSSR count). The molecule has 0 saturated carbocycles. The highest BCUT2D eigenvalue weighted by atomic mass is 35.5. The van der Waals surface area contributed by atoms with Crippen LogP contribution in [-0.2, 0) is 0 Å². The van der Waals surface area contributed by atoms with E-state index >= 15 is 0 Å². The smallest absolute Gasteiger partial charge is 0.267 e. The Bertz CT molecular complexity index is 590. The number of rotatable bonds is 3. The first-order chi connectivity index (χ1) is 8.52. The van der Waals surface area contributed by atoms with Crippen molar-refractivity contribution in [1.82, 2.24) is 10.3 Å². The van der Waals surface area contributed by atoms with Gasteiger partial charge in [0.25, 0.3) is 5.91 Å². The molecule has 96 valence electrons. The number of carbonyl (C=O) groups is 1. The number of methoxy groups -OCH3 is 1. The molecule has 1 amide bonds. The number of benzene rings is 1. The Hall–Kier alpha value is -1.68. The zero-order chi connectivity index (χ0) is 13.3. The number of H-pyrrole nitrogens is 1. The predicted octanol–water partition coefficient (Wildman–Crippen LogP) is 2.97. The van der Waals surface area contributed by atoms with Crippen molar-refractivity contribution in [3.63, 3.8) is 0 Å². The third kappa shape index (κ3) is 2.29. The molecule has 2 N–H and O–H groups in total. The van der Waals surface area contributed by atoms with Crippen LogP contribution < -0.4 is 10.1 Å². The second-order valence-corrected chi connectivity index (χ2v) is 4.73. The van der Waals surface area contributed by atoms with Gasteiger partial charge in [0.1, 0.15) is 11.4 Å². The zero-order valence-corrected chi connectivity index (χ0v) is 11.3. The maximum atomic E-state index is 11.9. The summed E-state index contributed by atoms with van der Waals surface area (Å²) in [7, 11) is 1.56. The van der Waals surface area contributed by atoms with E-state index in [1.807, 2.05) is 19.9 Å². The fourth-order valence-electron chi connectivity index (χ4n) is 1.77. The molecule has 0 atom stereocenters. The minimum Gasteiger partial charge on any atom is -0.495 e. The molecular weight excluding hydrogens is 252 g/mol. The highest BCUT2D eigenvalue weighted by Gasteiger charge is 2.13. The molecule has 5 heteroatoms. The Labute approximate surface area is 110 Å². The van der Waals surface area contributed by atoms with Crippen LogP contribution in [0, 0.1) is 0 Å². The fourth-order valence-corrected chi connectivity index (χ4v) is 2.06. The molecule has 1 heterocycles. The van der Waals surface area contributed by atoms with E-state index in [9.17, 15) is 4.79 Å². The quantitative estimate of drug-likeness (QED) is 0.897. The van der Waals surface area contributed by atoms with Crippen molar-refractivity contribution < 1.29 is 9.53 Å². The number of carbonyl (C=O) groups excluding carboxylic acids is 1. The van der Waals surface area contributed by atoms with Crippen molar-refractivity contribution in [2.45, 2.75) is 19.9 Å². The SMILES string of the molecule is COc1ccc2[nH]c(C(=O)NC(C)C)cc2c1Cl. The van der Waals surface area contributed by atoms with Gasteiger partial charge in [-0.05, 0) is 32.0 Å². The van der Waals surface area contributed by atoms with Gasteiger partial charge in [-0.1, -0.05) is 11.6 Å². The average molecular weight is 267 g/mol. The van der Waals surface area contributed by atoms with Crippen molar-refractivity contribution in [3.05, 3.63) is 28.9 Å². The number of amides is 1. The molecule has 0 spiro atoms. The Kier molecular flexibility index (Phi) is 3.48. The van der Waals surface area contributed by atoms with Gasteiger partial charge in [0.2, 0.25) is 0 Å². The zero-order valence-electron chi connectivity index (χ0n) is 10.5. The summed E-state index contributed by atoms with van der Waals surface area (Å²) in [6, 6.07) is 5.43. The minimum atomic E-state index is -0.142. The summed E-state index contributed by atoms with van der Waals surface area (Å²) in [6.45, 7) is 3.83. The normalized spacial score (nSPS) is 10.9. The van der Waals surface area contributed by atoms with Crippen LogP contribution in [0.25, 0.3) is 10.9 Å². The third-order valence-electron chi connectivity index (χ3n) is 2.59. The van der Waals surface area contributed by atoms with E-state index < -0.39 is 0 Å². The first kappa shape index (κ1) is 12.8. The van der Waals surface area contributed by atoms with Crippen molar-refractivity contribution in [2.75, 3.05) is 7.11 Å². The van der Waals surface area contributed by atoms with Crippen LogP contribution in [0.1, 0.15) is 24.3 Å². The summed E-state index contributed by atoms with van der Waals surface area (Å²) in [4.78, 5) is 14.9. The summed E-state index contributed by atoms with van der Waals surface area (Å²) < 4.78 is 5.14. The molecule has 2 aromatic rings. The molecule has 0 unspecified atom stereocenters. The lowest BCUT2D eigenvalue weighted by molar-refractivity contribution is 0.0939. The predicted molar refractivity (Wildman–Crippen MR) is 72.5 cm³/mol. The van der Waals surface area contributed by atoms with E-state index in [0.717, 1.165) is 10.9 Å². The Morgan fingerprint density at radius 1 is 1.44 bits per heavy atom. The van der Waals surface area contributed by atoms with Crippen molar-refractivity contribution >= 4 is 28.4 Å². The van der Waals surface area contributed by atoms with Gasteiger partial charge in [0.05, 0.1) is 12.1 Å². The fraction of sp³-hybridized carbons (Fsp3) is 0.308. The lowest BCUT2D eigenvalue weighted by Gasteiger charge is -2.05. The third-order valence-corrected chi connectivity index (χ3v) is 2.98. The second kappa shape index (κ2) is 4.90. The summed E-state index contributed by atoms with van der Waals surface area (Å²) >= 11 is 6.19.